The van der Waals surface area contributed by atoms with Crippen molar-refractivity contribution in [3.05, 3.63) is 45.7 Å². The summed E-state index contributed by atoms with van der Waals surface area (Å²) in [6.45, 7) is 4.50. The lowest BCUT2D eigenvalue weighted by atomic mass is 10.1. The number of nitrogens with zero attached hydrogens (tertiary/aromatic N) is 2. The Labute approximate surface area is 128 Å². The molecule has 1 heterocycles. The number of benzene rings is 1. The van der Waals surface area contributed by atoms with Gasteiger partial charge in [-0.1, -0.05) is 61.3 Å². The van der Waals surface area contributed by atoms with E-state index in [1.54, 1.807) is 7.11 Å². The van der Waals surface area contributed by atoms with Crippen LogP contribution in [0, 0.1) is 0 Å². The highest BCUT2D eigenvalue weighted by molar-refractivity contribution is 6.34. The molecule has 0 aliphatic rings. The highest BCUT2D eigenvalue weighted by atomic mass is 35.5. The molecule has 0 unspecified atom stereocenters. The SMILES string of the molecule is COCc1ccccc1-c1nc(Cl)c(C(C)C)c(Cl)n1. The molecule has 0 aliphatic carbocycles. The lowest BCUT2D eigenvalue weighted by molar-refractivity contribution is 0.185. The van der Waals surface area contributed by atoms with E-state index < -0.39 is 0 Å². The van der Waals surface area contributed by atoms with Gasteiger partial charge >= 0.3 is 0 Å². The lowest BCUT2D eigenvalue weighted by Crippen LogP contribution is -2.01. The van der Waals surface area contributed by atoms with Crippen LogP contribution in [0.3, 0.4) is 0 Å². The van der Waals surface area contributed by atoms with E-state index in [4.69, 9.17) is 27.9 Å². The Bertz CT molecular complexity index is 592. The predicted octanol–water partition coefficient (Wildman–Crippen LogP) is 4.72. The molecule has 0 saturated heterocycles. The van der Waals surface area contributed by atoms with Crippen molar-refractivity contribution >= 4 is 23.2 Å². The molecule has 5 heteroatoms. The Hall–Kier alpha value is -1.16. The highest BCUT2D eigenvalue weighted by Gasteiger charge is 2.16. The van der Waals surface area contributed by atoms with E-state index in [2.05, 4.69) is 9.97 Å². The van der Waals surface area contributed by atoms with Crippen LogP contribution in [-0.2, 0) is 11.3 Å². The minimum atomic E-state index is 0.179. The van der Waals surface area contributed by atoms with Crippen LogP contribution in [0.25, 0.3) is 11.4 Å². The van der Waals surface area contributed by atoms with Crippen molar-refractivity contribution in [1.82, 2.24) is 9.97 Å². The molecule has 1 aromatic heterocycles. The minimum Gasteiger partial charge on any atom is -0.380 e. The fraction of sp³-hybridized carbons (Fsp3) is 0.333. The summed E-state index contributed by atoms with van der Waals surface area (Å²) in [6, 6.07) is 7.78. The second-order valence-corrected chi connectivity index (χ2v) is 5.50. The quantitative estimate of drug-likeness (QED) is 0.766. The number of ether oxygens (including phenoxy) is 1. The van der Waals surface area contributed by atoms with Crippen LogP contribution >= 0.6 is 23.2 Å². The van der Waals surface area contributed by atoms with Crippen molar-refractivity contribution in [1.29, 1.82) is 0 Å². The molecule has 0 aliphatic heterocycles. The zero-order valence-corrected chi connectivity index (χ0v) is 13.2. The van der Waals surface area contributed by atoms with Crippen LogP contribution in [0.2, 0.25) is 10.3 Å². The summed E-state index contributed by atoms with van der Waals surface area (Å²) in [5.41, 5.74) is 2.66. The third kappa shape index (κ3) is 3.11. The number of methoxy groups -OCH3 is 1. The van der Waals surface area contributed by atoms with Crippen molar-refractivity contribution < 1.29 is 4.74 Å². The fourth-order valence-corrected chi connectivity index (χ4v) is 2.86. The fourth-order valence-electron chi connectivity index (χ4n) is 2.03. The summed E-state index contributed by atoms with van der Waals surface area (Å²) in [5.74, 6) is 0.704. The summed E-state index contributed by atoms with van der Waals surface area (Å²) in [5, 5.41) is 0.810. The summed E-state index contributed by atoms with van der Waals surface area (Å²) in [4.78, 5) is 8.77. The van der Waals surface area contributed by atoms with Crippen LogP contribution in [0.4, 0.5) is 0 Å². The first-order valence-corrected chi connectivity index (χ1v) is 7.10. The third-order valence-electron chi connectivity index (χ3n) is 2.99. The van der Waals surface area contributed by atoms with Gasteiger partial charge < -0.3 is 4.74 Å². The monoisotopic (exact) mass is 310 g/mol. The zero-order chi connectivity index (χ0) is 14.7. The van der Waals surface area contributed by atoms with E-state index >= 15 is 0 Å². The van der Waals surface area contributed by atoms with Gasteiger partial charge in [0.15, 0.2) is 5.82 Å². The molecule has 0 spiro atoms. The van der Waals surface area contributed by atoms with Crippen LogP contribution in [-0.4, -0.2) is 17.1 Å². The highest BCUT2D eigenvalue weighted by Crippen LogP contribution is 2.32. The summed E-state index contributed by atoms with van der Waals surface area (Å²) >= 11 is 12.5. The summed E-state index contributed by atoms with van der Waals surface area (Å²) < 4.78 is 5.19. The number of halogens is 2. The number of aromatic nitrogens is 2. The van der Waals surface area contributed by atoms with Gasteiger partial charge in [-0.15, -0.1) is 0 Å². The van der Waals surface area contributed by atoms with E-state index in [9.17, 15) is 0 Å². The largest absolute Gasteiger partial charge is 0.380 e. The van der Waals surface area contributed by atoms with Gasteiger partial charge in [0.25, 0.3) is 0 Å². The molecule has 0 bridgehead atoms. The molecule has 2 aromatic rings. The average molecular weight is 311 g/mol. The van der Waals surface area contributed by atoms with Gasteiger partial charge in [0.05, 0.1) is 6.61 Å². The van der Waals surface area contributed by atoms with Crippen LogP contribution in [0.1, 0.15) is 30.9 Å². The third-order valence-corrected chi connectivity index (χ3v) is 3.56. The molecule has 20 heavy (non-hydrogen) atoms. The lowest BCUT2D eigenvalue weighted by Gasteiger charge is -2.12. The molecular weight excluding hydrogens is 295 g/mol. The van der Waals surface area contributed by atoms with E-state index in [1.165, 1.54) is 0 Å². The van der Waals surface area contributed by atoms with Crippen LogP contribution in [0.15, 0.2) is 24.3 Å². The summed E-state index contributed by atoms with van der Waals surface area (Å²) in [6.07, 6.45) is 0. The molecule has 0 N–H and O–H groups in total. The van der Waals surface area contributed by atoms with E-state index in [0.29, 0.717) is 22.7 Å². The average Bonchev–Trinajstić information content (AvgIpc) is 2.38. The van der Waals surface area contributed by atoms with Gasteiger partial charge in [-0.2, -0.15) is 0 Å². The second-order valence-electron chi connectivity index (χ2n) is 4.79. The van der Waals surface area contributed by atoms with Crippen molar-refractivity contribution in [2.45, 2.75) is 26.4 Å². The van der Waals surface area contributed by atoms with Gasteiger partial charge in [0.1, 0.15) is 10.3 Å². The molecule has 0 atom stereocenters. The molecule has 0 radical (unpaired) electrons. The number of hydrogen-bond acceptors (Lipinski definition) is 3. The normalized spacial score (nSPS) is 11.1. The van der Waals surface area contributed by atoms with Gasteiger partial charge in [0, 0.05) is 18.2 Å². The van der Waals surface area contributed by atoms with E-state index in [-0.39, 0.29) is 5.92 Å². The van der Waals surface area contributed by atoms with Crippen LogP contribution < -0.4 is 0 Å². The van der Waals surface area contributed by atoms with Gasteiger partial charge in [-0.25, -0.2) is 9.97 Å². The van der Waals surface area contributed by atoms with Crippen LogP contribution in [0.5, 0.6) is 0 Å². The number of rotatable bonds is 4. The van der Waals surface area contributed by atoms with Crippen molar-refractivity contribution in [3.63, 3.8) is 0 Å². The zero-order valence-electron chi connectivity index (χ0n) is 11.7. The maximum atomic E-state index is 6.24. The Morgan fingerprint density at radius 3 is 2.25 bits per heavy atom. The maximum absolute atomic E-state index is 6.24. The second kappa shape index (κ2) is 6.53. The summed E-state index contributed by atoms with van der Waals surface area (Å²) in [7, 11) is 1.65. The first kappa shape index (κ1) is 15.2. The first-order valence-electron chi connectivity index (χ1n) is 6.34. The molecule has 0 amide bonds. The molecule has 3 nitrogen and oxygen atoms in total. The molecule has 0 saturated carbocycles. The molecule has 106 valence electrons. The Kier molecular flexibility index (Phi) is 4.97. The van der Waals surface area contributed by atoms with Crippen molar-refractivity contribution in [3.8, 4) is 11.4 Å². The predicted molar refractivity (Wildman–Crippen MR) is 82.3 cm³/mol. The van der Waals surface area contributed by atoms with E-state index in [0.717, 1.165) is 16.7 Å². The topological polar surface area (TPSA) is 35.0 Å². The number of hydrogen-bond donors (Lipinski definition) is 0. The standard InChI is InChI=1S/C15H16Cl2N2O/c1-9(2)12-13(16)18-15(19-14(12)17)11-7-5-4-6-10(11)8-20-3/h4-7,9H,8H2,1-3H3. The molecule has 2 rings (SSSR count). The molecule has 0 fully saturated rings. The Balaban J connectivity index is 2.54. The Morgan fingerprint density at radius 2 is 1.70 bits per heavy atom. The maximum Gasteiger partial charge on any atom is 0.162 e. The van der Waals surface area contributed by atoms with E-state index in [1.807, 2.05) is 38.1 Å². The van der Waals surface area contributed by atoms with Gasteiger partial charge in [0.2, 0.25) is 0 Å². The molecular formula is C15H16Cl2N2O. The minimum absolute atomic E-state index is 0.179. The van der Waals surface area contributed by atoms with Crippen molar-refractivity contribution in [2.24, 2.45) is 0 Å². The van der Waals surface area contributed by atoms with Gasteiger partial charge in [-0.05, 0) is 11.5 Å². The smallest absolute Gasteiger partial charge is 0.162 e. The van der Waals surface area contributed by atoms with Crippen molar-refractivity contribution in [2.75, 3.05) is 7.11 Å². The van der Waals surface area contributed by atoms with Gasteiger partial charge in [-0.3, -0.25) is 0 Å². The Morgan fingerprint density at radius 1 is 1.10 bits per heavy atom. The first-order chi connectivity index (χ1) is 9.54. The molecule has 1 aromatic carbocycles.